The van der Waals surface area contributed by atoms with Crippen LogP contribution in [0.1, 0.15) is 24.2 Å². The maximum absolute atomic E-state index is 11.7. The summed E-state index contributed by atoms with van der Waals surface area (Å²) in [5.74, 6) is 1.09. The van der Waals surface area contributed by atoms with Crippen molar-refractivity contribution in [2.75, 3.05) is 17.7 Å². The van der Waals surface area contributed by atoms with Gasteiger partial charge in [-0.3, -0.25) is 0 Å². The molecular formula is C20H21N5O3. The summed E-state index contributed by atoms with van der Waals surface area (Å²) in [6.45, 7) is 3.93. The van der Waals surface area contributed by atoms with Crippen LogP contribution in [0, 0.1) is 0 Å². The van der Waals surface area contributed by atoms with E-state index >= 15 is 0 Å². The number of benzene rings is 2. The van der Waals surface area contributed by atoms with Gasteiger partial charge >= 0.3 is 5.97 Å². The molecular weight excluding hydrogens is 358 g/mol. The largest absolute Gasteiger partial charge is 0.489 e. The van der Waals surface area contributed by atoms with Gasteiger partial charge in [-0.05, 0) is 44.2 Å². The van der Waals surface area contributed by atoms with Crippen LogP contribution in [-0.4, -0.2) is 34.4 Å². The lowest BCUT2D eigenvalue weighted by Crippen LogP contribution is -2.08. The van der Waals surface area contributed by atoms with E-state index in [2.05, 4.69) is 25.8 Å². The third-order valence-electron chi connectivity index (χ3n) is 3.61. The molecule has 0 aliphatic carbocycles. The van der Waals surface area contributed by atoms with Crippen molar-refractivity contribution in [2.45, 2.75) is 20.0 Å². The average molecular weight is 379 g/mol. The van der Waals surface area contributed by atoms with E-state index in [0.717, 1.165) is 11.4 Å². The third kappa shape index (κ3) is 4.94. The Bertz CT molecular complexity index is 962. The Morgan fingerprint density at radius 3 is 2.68 bits per heavy atom. The minimum atomic E-state index is -0.417. The number of esters is 1. The lowest BCUT2D eigenvalue weighted by atomic mass is 10.2. The fraction of sp³-hybridized carbons (Fsp3) is 0.200. The number of para-hydroxylation sites is 2. The van der Waals surface area contributed by atoms with Gasteiger partial charge in [0.15, 0.2) is 5.82 Å². The molecule has 1 aromatic heterocycles. The van der Waals surface area contributed by atoms with E-state index in [1.165, 1.54) is 13.3 Å². The van der Waals surface area contributed by atoms with Gasteiger partial charge < -0.3 is 20.1 Å². The molecule has 0 radical (unpaired) electrons. The molecule has 2 N–H and O–H groups in total. The summed E-state index contributed by atoms with van der Waals surface area (Å²) >= 11 is 0. The van der Waals surface area contributed by atoms with Crippen LogP contribution in [0.15, 0.2) is 54.7 Å². The fourth-order valence-electron chi connectivity index (χ4n) is 2.45. The standard InChI is InChI=1S/C20H21N5O3/c1-13(2)28-17-10-5-4-9-16(17)23-18-12-21-25-20(24-18)22-15-8-6-7-14(11-15)19(26)27-3/h4-13H,1-3H3,(H2,22,23,24,25). The van der Waals surface area contributed by atoms with Crippen molar-refractivity contribution in [3.05, 3.63) is 60.3 Å². The molecule has 0 aliphatic heterocycles. The van der Waals surface area contributed by atoms with Gasteiger partial charge in [-0.1, -0.05) is 18.2 Å². The minimum absolute atomic E-state index is 0.0470. The molecule has 3 rings (SSSR count). The molecule has 8 nitrogen and oxygen atoms in total. The maximum atomic E-state index is 11.7. The van der Waals surface area contributed by atoms with Crippen molar-refractivity contribution in [1.82, 2.24) is 15.2 Å². The monoisotopic (exact) mass is 379 g/mol. The van der Waals surface area contributed by atoms with Gasteiger partial charge in [-0.2, -0.15) is 10.1 Å². The summed E-state index contributed by atoms with van der Waals surface area (Å²) in [5, 5.41) is 14.2. The van der Waals surface area contributed by atoms with E-state index in [4.69, 9.17) is 9.47 Å². The van der Waals surface area contributed by atoms with Crippen molar-refractivity contribution >= 4 is 29.1 Å². The summed E-state index contributed by atoms with van der Waals surface area (Å²) in [4.78, 5) is 16.1. The second kappa shape index (κ2) is 8.81. The van der Waals surface area contributed by atoms with Crippen LogP contribution < -0.4 is 15.4 Å². The quantitative estimate of drug-likeness (QED) is 0.596. The van der Waals surface area contributed by atoms with Crippen molar-refractivity contribution in [2.24, 2.45) is 0 Å². The van der Waals surface area contributed by atoms with Crippen LogP contribution in [0.3, 0.4) is 0 Å². The zero-order valence-corrected chi connectivity index (χ0v) is 15.8. The van der Waals surface area contributed by atoms with E-state index < -0.39 is 5.97 Å². The normalized spacial score (nSPS) is 10.4. The van der Waals surface area contributed by atoms with E-state index in [1.807, 2.05) is 38.1 Å². The molecule has 144 valence electrons. The second-order valence-electron chi connectivity index (χ2n) is 6.15. The van der Waals surface area contributed by atoms with Gasteiger partial charge in [0.05, 0.1) is 30.7 Å². The molecule has 3 aromatic rings. The van der Waals surface area contributed by atoms with Crippen molar-refractivity contribution in [3.63, 3.8) is 0 Å². The molecule has 8 heteroatoms. The van der Waals surface area contributed by atoms with E-state index in [-0.39, 0.29) is 12.1 Å². The molecule has 0 aliphatic rings. The topological polar surface area (TPSA) is 98.3 Å². The van der Waals surface area contributed by atoms with E-state index in [0.29, 0.717) is 17.1 Å². The van der Waals surface area contributed by atoms with Gasteiger partial charge in [0.1, 0.15) is 5.75 Å². The molecule has 28 heavy (non-hydrogen) atoms. The van der Waals surface area contributed by atoms with Gasteiger partial charge in [-0.15, -0.1) is 5.10 Å². The molecule has 0 saturated heterocycles. The maximum Gasteiger partial charge on any atom is 0.337 e. The molecule has 0 fully saturated rings. The molecule has 0 unspecified atom stereocenters. The lowest BCUT2D eigenvalue weighted by molar-refractivity contribution is 0.0601. The predicted octanol–water partition coefficient (Wildman–Crippen LogP) is 3.93. The highest BCUT2D eigenvalue weighted by Crippen LogP contribution is 2.27. The van der Waals surface area contributed by atoms with Crippen LogP contribution in [0.4, 0.5) is 23.1 Å². The van der Waals surface area contributed by atoms with E-state index in [1.54, 1.807) is 24.3 Å². The first-order valence-corrected chi connectivity index (χ1v) is 8.73. The Morgan fingerprint density at radius 2 is 1.89 bits per heavy atom. The highest BCUT2D eigenvalue weighted by molar-refractivity contribution is 5.90. The third-order valence-corrected chi connectivity index (χ3v) is 3.61. The highest BCUT2D eigenvalue weighted by atomic mass is 16.5. The lowest BCUT2D eigenvalue weighted by Gasteiger charge is -2.15. The number of anilines is 4. The van der Waals surface area contributed by atoms with Gasteiger partial charge in [0.25, 0.3) is 0 Å². The van der Waals surface area contributed by atoms with E-state index in [9.17, 15) is 4.79 Å². The van der Waals surface area contributed by atoms with Crippen molar-refractivity contribution in [3.8, 4) is 5.75 Å². The van der Waals surface area contributed by atoms with Crippen LogP contribution in [0.5, 0.6) is 5.75 Å². The number of nitrogens with zero attached hydrogens (tertiary/aromatic N) is 3. The Balaban J connectivity index is 1.78. The molecule has 0 bridgehead atoms. The summed E-state index contributed by atoms with van der Waals surface area (Å²) in [5.41, 5.74) is 1.84. The Hall–Kier alpha value is -3.68. The van der Waals surface area contributed by atoms with Crippen molar-refractivity contribution < 1.29 is 14.3 Å². The summed E-state index contributed by atoms with van der Waals surface area (Å²) in [6, 6.07) is 14.4. The van der Waals surface area contributed by atoms with Crippen LogP contribution >= 0.6 is 0 Å². The van der Waals surface area contributed by atoms with Crippen LogP contribution in [0.25, 0.3) is 0 Å². The number of rotatable bonds is 7. The number of aromatic nitrogens is 3. The Morgan fingerprint density at radius 1 is 1.07 bits per heavy atom. The summed E-state index contributed by atoms with van der Waals surface area (Å²) < 4.78 is 10.5. The number of carbonyl (C=O) groups is 1. The molecule has 0 spiro atoms. The minimum Gasteiger partial charge on any atom is -0.489 e. The predicted molar refractivity (Wildman–Crippen MR) is 106 cm³/mol. The smallest absolute Gasteiger partial charge is 0.337 e. The highest BCUT2D eigenvalue weighted by Gasteiger charge is 2.09. The molecule has 0 amide bonds. The first-order chi connectivity index (χ1) is 13.5. The average Bonchev–Trinajstić information content (AvgIpc) is 2.69. The van der Waals surface area contributed by atoms with Gasteiger partial charge in [0, 0.05) is 5.69 Å². The zero-order valence-electron chi connectivity index (χ0n) is 15.8. The molecule has 1 heterocycles. The van der Waals surface area contributed by atoms with Crippen LogP contribution in [0.2, 0.25) is 0 Å². The molecule has 2 aromatic carbocycles. The van der Waals surface area contributed by atoms with Gasteiger partial charge in [0.2, 0.25) is 5.95 Å². The Kier molecular flexibility index (Phi) is 6.01. The number of hydrogen-bond acceptors (Lipinski definition) is 8. The number of carbonyl (C=O) groups excluding carboxylic acids is 1. The zero-order chi connectivity index (χ0) is 19.9. The van der Waals surface area contributed by atoms with Gasteiger partial charge in [-0.25, -0.2) is 4.79 Å². The summed E-state index contributed by atoms with van der Waals surface area (Å²) in [7, 11) is 1.34. The first-order valence-electron chi connectivity index (χ1n) is 8.73. The summed E-state index contributed by atoms with van der Waals surface area (Å²) in [6.07, 6.45) is 1.56. The number of methoxy groups -OCH3 is 1. The molecule has 0 saturated carbocycles. The van der Waals surface area contributed by atoms with Crippen LogP contribution in [-0.2, 0) is 4.74 Å². The number of ether oxygens (including phenoxy) is 2. The number of nitrogens with one attached hydrogen (secondary N) is 2. The second-order valence-corrected chi connectivity index (χ2v) is 6.15. The fourth-order valence-corrected chi connectivity index (χ4v) is 2.45. The SMILES string of the molecule is COC(=O)c1cccc(Nc2nncc(Nc3ccccc3OC(C)C)n2)c1. The first kappa shape index (κ1) is 19.1. The van der Waals surface area contributed by atoms with Crippen molar-refractivity contribution in [1.29, 1.82) is 0 Å². The number of hydrogen-bond donors (Lipinski definition) is 2. The Labute approximate surface area is 162 Å². The molecule has 0 atom stereocenters.